The third-order valence-corrected chi connectivity index (χ3v) is 5.58. The molecule has 11 heteroatoms. The number of fused-ring (bicyclic) bond motifs is 1. The minimum absolute atomic E-state index is 0.0241. The number of hydrogen-bond donors (Lipinski definition) is 1. The largest absolute Gasteiger partial charge is 0.364 e. The van der Waals surface area contributed by atoms with Gasteiger partial charge >= 0.3 is 0 Å². The van der Waals surface area contributed by atoms with Crippen LogP contribution >= 0.6 is 34.5 Å². The molecule has 0 saturated carbocycles. The van der Waals surface area contributed by atoms with Gasteiger partial charge in [0.25, 0.3) is 18.8 Å². The van der Waals surface area contributed by atoms with Gasteiger partial charge in [-0.1, -0.05) is 29.3 Å². The molecule has 1 N–H and O–H groups in total. The molecule has 2 heterocycles. The van der Waals surface area contributed by atoms with Crippen LogP contribution in [0.15, 0.2) is 23.3 Å². The molecule has 1 atom stereocenters. The van der Waals surface area contributed by atoms with Crippen molar-refractivity contribution in [3.63, 3.8) is 0 Å². The number of hydrogen-bond acceptors (Lipinski definition) is 4. The van der Waals surface area contributed by atoms with Crippen molar-refractivity contribution in [2.24, 2.45) is 5.10 Å². The van der Waals surface area contributed by atoms with Crippen LogP contribution in [0.5, 0.6) is 0 Å². The molecule has 3 rings (SSSR count). The lowest BCUT2D eigenvalue weighted by Gasteiger charge is -2.29. The minimum atomic E-state index is -3.51. The first-order valence-electron chi connectivity index (χ1n) is 6.74. The van der Waals surface area contributed by atoms with Crippen molar-refractivity contribution in [2.45, 2.75) is 25.0 Å². The Morgan fingerprint density at radius 3 is 2.56 bits per heavy atom. The van der Waals surface area contributed by atoms with Crippen LogP contribution in [-0.2, 0) is 0 Å². The van der Waals surface area contributed by atoms with E-state index in [9.17, 15) is 27.5 Å². The Hall–Kier alpha value is -1.42. The molecule has 1 amide bonds. The van der Waals surface area contributed by atoms with Gasteiger partial charge in [-0.05, 0) is 12.1 Å². The van der Waals surface area contributed by atoms with Gasteiger partial charge < -0.3 is 5.11 Å². The Morgan fingerprint density at radius 2 is 2.00 bits per heavy atom. The second-order valence-corrected chi connectivity index (χ2v) is 7.06. The van der Waals surface area contributed by atoms with Gasteiger partial charge in [-0.15, -0.1) is 11.3 Å². The predicted octanol–water partition coefficient (Wildman–Crippen LogP) is 4.63. The summed E-state index contributed by atoms with van der Waals surface area (Å²) in [5.74, 6) is -1.21. The third-order valence-electron chi connectivity index (χ3n) is 3.63. The molecule has 0 bridgehead atoms. The number of nitrogens with zero attached hydrogens (tertiary/aromatic N) is 2. The van der Waals surface area contributed by atoms with Crippen LogP contribution in [0.1, 0.15) is 16.1 Å². The zero-order valence-electron chi connectivity index (χ0n) is 12.0. The van der Waals surface area contributed by atoms with Crippen molar-refractivity contribution in [2.75, 3.05) is 0 Å². The number of rotatable bonds is 3. The van der Waals surface area contributed by atoms with E-state index in [2.05, 4.69) is 5.10 Å². The van der Waals surface area contributed by atoms with Gasteiger partial charge in [0.05, 0.1) is 10.0 Å². The van der Waals surface area contributed by atoms with Crippen LogP contribution in [0.2, 0.25) is 10.0 Å². The summed E-state index contributed by atoms with van der Waals surface area (Å²) < 4.78 is 52.6. The first kappa shape index (κ1) is 18.4. The number of carbonyl (C=O) groups excluding carboxylic acids is 1. The van der Waals surface area contributed by atoms with Crippen LogP contribution in [0.4, 0.5) is 17.6 Å². The topological polar surface area (TPSA) is 52.9 Å². The molecule has 0 radical (unpaired) electrons. The summed E-state index contributed by atoms with van der Waals surface area (Å²) in [6, 6.07) is 4.73. The summed E-state index contributed by atoms with van der Waals surface area (Å²) >= 11 is 13.0. The number of amides is 1. The zero-order valence-corrected chi connectivity index (χ0v) is 14.3. The van der Waals surface area contributed by atoms with Gasteiger partial charge in [-0.3, -0.25) is 4.79 Å². The molecule has 0 fully saturated rings. The van der Waals surface area contributed by atoms with Crippen molar-refractivity contribution >= 4 is 56.2 Å². The standard InChI is InChI=1S/C14H8Cl2F4N2O2S/c15-5-2-1-3-7-8(5)9(16)10(25-7)12(23)22-14(24,13(19)20)4-6(21-22)11(17)18/h1-3,11,13,24H,4H2/t14-/m1/s1. The number of halogens is 6. The summed E-state index contributed by atoms with van der Waals surface area (Å²) in [5.41, 5.74) is -4.17. The van der Waals surface area contributed by atoms with Gasteiger partial charge in [0, 0.05) is 16.5 Å². The molecule has 1 aromatic carbocycles. The van der Waals surface area contributed by atoms with E-state index in [1.807, 2.05) is 0 Å². The van der Waals surface area contributed by atoms with E-state index in [4.69, 9.17) is 23.2 Å². The smallest absolute Gasteiger partial charge is 0.288 e. The highest BCUT2D eigenvalue weighted by Crippen LogP contribution is 2.42. The highest BCUT2D eigenvalue weighted by Gasteiger charge is 2.54. The average molecular weight is 415 g/mol. The minimum Gasteiger partial charge on any atom is -0.364 e. The monoisotopic (exact) mass is 414 g/mol. The predicted molar refractivity (Wildman–Crippen MR) is 87.0 cm³/mol. The molecule has 134 valence electrons. The highest BCUT2D eigenvalue weighted by atomic mass is 35.5. The SMILES string of the molecule is O=C(c1sc2cccc(Cl)c2c1Cl)N1N=C(C(F)F)C[C@@]1(O)C(F)F. The van der Waals surface area contributed by atoms with Gasteiger partial charge in [0.1, 0.15) is 10.6 Å². The molecule has 0 unspecified atom stereocenters. The van der Waals surface area contributed by atoms with Gasteiger partial charge in [-0.2, -0.15) is 10.1 Å². The second-order valence-electron chi connectivity index (χ2n) is 5.22. The Labute approximate surface area is 152 Å². The van der Waals surface area contributed by atoms with E-state index in [1.165, 1.54) is 6.07 Å². The van der Waals surface area contributed by atoms with E-state index in [1.54, 1.807) is 12.1 Å². The molecule has 0 spiro atoms. The number of thiophene rings is 1. The molecular formula is C14H8Cl2F4N2O2S. The van der Waals surface area contributed by atoms with Gasteiger partial charge in [0.15, 0.2) is 0 Å². The number of benzene rings is 1. The number of aliphatic hydroxyl groups is 1. The Bertz CT molecular complexity index is 889. The summed E-state index contributed by atoms with van der Waals surface area (Å²) in [6.07, 6.45) is -7.85. The Morgan fingerprint density at radius 1 is 1.32 bits per heavy atom. The van der Waals surface area contributed by atoms with E-state index in [0.29, 0.717) is 10.1 Å². The lowest BCUT2D eigenvalue weighted by molar-refractivity contribution is -0.164. The normalized spacial score (nSPS) is 20.8. The summed E-state index contributed by atoms with van der Waals surface area (Å²) in [4.78, 5) is 12.4. The average Bonchev–Trinajstić information content (AvgIpc) is 3.07. The Kier molecular flexibility index (Phi) is 4.69. The van der Waals surface area contributed by atoms with E-state index in [-0.39, 0.29) is 19.9 Å². The van der Waals surface area contributed by atoms with Crippen LogP contribution < -0.4 is 0 Å². The van der Waals surface area contributed by atoms with Crippen molar-refractivity contribution < 1.29 is 27.5 Å². The van der Waals surface area contributed by atoms with Gasteiger partial charge in [0.2, 0.25) is 5.72 Å². The van der Waals surface area contributed by atoms with Gasteiger partial charge in [-0.25, -0.2) is 17.6 Å². The molecule has 1 aliphatic heterocycles. The maximum absolute atomic E-state index is 13.2. The summed E-state index contributed by atoms with van der Waals surface area (Å²) in [6.45, 7) is 0. The van der Waals surface area contributed by atoms with E-state index >= 15 is 0 Å². The van der Waals surface area contributed by atoms with E-state index in [0.717, 1.165) is 11.3 Å². The molecule has 2 aromatic rings. The van der Waals surface area contributed by atoms with Crippen molar-refractivity contribution in [3.05, 3.63) is 33.1 Å². The van der Waals surface area contributed by atoms with Crippen LogP contribution in [-0.4, -0.2) is 40.3 Å². The molecule has 4 nitrogen and oxygen atoms in total. The second kappa shape index (κ2) is 6.39. The maximum Gasteiger partial charge on any atom is 0.288 e. The number of hydrazone groups is 1. The van der Waals surface area contributed by atoms with Crippen molar-refractivity contribution in [1.82, 2.24) is 5.01 Å². The van der Waals surface area contributed by atoms with E-state index < -0.39 is 36.6 Å². The highest BCUT2D eigenvalue weighted by molar-refractivity contribution is 7.21. The van der Waals surface area contributed by atoms with Crippen molar-refractivity contribution in [3.8, 4) is 0 Å². The van der Waals surface area contributed by atoms with Crippen molar-refractivity contribution in [1.29, 1.82) is 0 Å². The fraction of sp³-hybridized carbons (Fsp3) is 0.286. The van der Waals surface area contributed by atoms with Crippen LogP contribution in [0, 0.1) is 0 Å². The summed E-state index contributed by atoms with van der Waals surface area (Å²) in [7, 11) is 0. The molecular weight excluding hydrogens is 407 g/mol. The fourth-order valence-corrected chi connectivity index (χ4v) is 4.28. The number of alkyl halides is 4. The van der Waals surface area contributed by atoms with Crippen LogP contribution in [0.25, 0.3) is 10.1 Å². The molecule has 0 saturated heterocycles. The Balaban J connectivity index is 2.10. The first-order chi connectivity index (χ1) is 11.7. The molecule has 0 aliphatic carbocycles. The fourth-order valence-electron chi connectivity index (χ4n) is 2.41. The summed E-state index contributed by atoms with van der Waals surface area (Å²) in [5, 5.41) is 13.7. The zero-order chi connectivity index (χ0) is 18.5. The number of carbonyl (C=O) groups is 1. The first-order valence-corrected chi connectivity index (χ1v) is 8.31. The molecule has 1 aliphatic rings. The lowest BCUT2D eigenvalue weighted by Crippen LogP contribution is -2.51. The lowest BCUT2D eigenvalue weighted by atomic mass is 10.1. The molecule has 1 aromatic heterocycles. The van der Waals surface area contributed by atoms with Crippen LogP contribution in [0.3, 0.4) is 0 Å². The molecule has 25 heavy (non-hydrogen) atoms. The third kappa shape index (κ3) is 2.88. The quantitative estimate of drug-likeness (QED) is 0.744. The maximum atomic E-state index is 13.2.